The van der Waals surface area contributed by atoms with E-state index in [1.807, 2.05) is 0 Å². The highest BCUT2D eigenvalue weighted by atomic mass is 16.6. The fraction of sp³-hybridized carbons (Fsp3) is 0.441. The number of nitrogens with zero attached hydrogens (tertiary/aromatic N) is 2. The van der Waals surface area contributed by atoms with Crippen LogP contribution in [0.3, 0.4) is 0 Å². The lowest BCUT2D eigenvalue weighted by Crippen LogP contribution is -2.48. The molecule has 1 heterocycles. The summed E-state index contributed by atoms with van der Waals surface area (Å²) in [7, 11) is 1.22. The van der Waals surface area contributed by atoms with Crippen LogP contribution in [0.5, 0.6) is 0 Å². The minimum Gasteiger partial charge on any atom is -0.464 e. The van der Waals surface area contributed by atoms with Gasteiger partial charge in [-0.05, 0) is 91.1 Å². The van der Waals surface area contributed by atoms with Gasteiger partial charge in [0, 0.05) is 17.4 Å². The van der Waals surface area contributed by atoms with Gasteiger partial charge in [0.15, 0.2) is 0 Å². The van der Waals surface area contributed by atoms with Gasteiger partial charge in [-0.25, -0.2) is 19.2 Å². The lowest BCUT2D eigenvalue weighted by molar-refractivity contribution is -0.144. The maximum atomic E-state index is 13.9. The number of rotatable bonds is 12. The smallest absolute Gasteiger partial charge is 0.415 e. The molecule has 12 heteroatoms. The number of hydrogen-bond acceptors (Lipinski definition) is 9. The van der Waals surface area contributed by atoms with Crippen molar-refractivity contribution in [3.05, 3.63) is 67.5 Å². The SMILES string of the molecule is C=CCC(C(=O)OCC)N(C(=O)OC(C)(C)C)c1cc(NC(=O)OC)ccc1-c1ccnc([C@H](CC=C)NC(=O)OC(C)(C)C)c1. The second-order valence-corrected chi connectivity index (χ2v) is 12.2. The van der Waals surface area contributed by atoms with Gasteiger partial charge in [-0.3, -0.25) is 15.2 Å². The molecule has 0 saturated heterocycles. The van der Waals surface area contributed by atoms with Gasteiger partial charge < -0.3 is 24.3 Å². The summed E-state index contributed by atoms with van der Waals surface area (Å²) < 4.78 is 21.3. The minimum atomic E-state index is -1.16. The second kappa shape index (κ2) is 16.4. The Balaban J connectivity index is 2.83. The fourth-order valence-corrected chi connectivity index (χ4v) is 4.31. The van der Waals surface area contributed by atoms with E-state index in [4.69, 9.17) is 18.9 Å². The van der Waals surface area contributed by atoms with Gasteiger partial charge in [-0.2, -0.15) is 0 Å². The molecule has 0 saturated carbocycles. The van der Waals surface area contributed by atoms with E-state index in [9.17, 15) is 19.2 Å². The molecule has 2 rings (SSSR count). The standard InChI is InChI=1S/C34H46N4O8/c1-11-14-25(37-31(41)45-33(4,5)6)26-20-22(18-19-35-26)24-17-16-23(36-30(40)43-10)21-28(24)38(32(42)46-34(7,8)9)27(15-12-2)29(39)44-13-3/h11-12,16-21,25,27H,1-2,13-15H2,3-10H3,(H,36,40)(H,37,41)/t25-,27?/m0/s1. The second-order valence-electron chi connectivity index (χ2n) is 12.2. The topological polar surface area (TPSA) is 145 Å². The largest absolute Gasteiger partial charge is 0.464 e. The van der Waals surface area contributed by atoms with E-state index in [1.54, 1.807) is 85.0 Å². The van der Waals surface area contributed by atoms with Crippen molar-refractivity contribution in [2.24, 2.45) is 0 Å². The summed E-state index contributed by atoms with van der Waals surface area (Å²) in [6.45, 7) is 19.7. The first kappa shape index (κ1) is 37.3. The van der Waals surface area contributed by atoms with Gasteiger partial charge in [0.05, 0.1) is 31.1 Å². The summed E-state index contributed by atoms with van der Waals surface area (Å²) >= 11 is 0. The predicted octanol–water partition coefficient (Wildman–Crippen LogP) is 7.32. The highest BCUT2D eigenvalue weighted by Gasteiger charge is 2.36. The van der Waals surface area contributed by atoms with E-state index < -0.39 is 47.5 Å². The molecule has 0 spiro atoms. The average molecular weight is 639 g/mol. The van der Waals surface area contributed by atoms with Crippen molar-refractivity contribution in [1.82, 2.24) is 10.3 Å². The summed E-state index contributed by atoms with van der Waals surface area (Å²) in [6.07, 6.45) is 2.92. The molecule has 1 aromatic carbocycles. The zero-order valence-corrected chi connectivity index (χ0v) is 28.0. The molecular formula is C34H46N4O8. The van der Waals surface area contributed by atoms with Crippen LogP contribution in [0.25, 0.3) is 11.1 Å². The predicted molar refractivity (Wildman–Crippen MR) is 177 cm³/mol. The van der Waals surface area contributed by atoms with E-state index in [2.05, 4.69) is 28.8 Å². The zero-order chi connectivity index (χ0) is 34.7. The Labute approximate surface area is 271 Å². The number of carbonyl (C=O) groups excluding carboxylic acids is 4. The van der Waals surface area contributed by atoms with Crippen LogP contribution in [0.15, 0.2) is 61.8 Å². The highest BCUT2D eigenvalue weighted by Crippen LogP contribution is 2.37. The average Bonchev–Trinajstić information content (AvgIpc) is 2.95. The number of amides is 3. The first-order valence-electron chi connectivity index (χ1n) is 14.9. The fourth-order valence-electron chi connectivity index (χ4n) is 4.31. The first-order valence-corrected chi connectivity index (χ1v) is 14.9. The van der Waals surface area contributed by atoms with Crippen molar-refractivity contribution in [2.45, 2.75) is 84.6 Å². The van der Waals surface area contributed by atoms with Gasteiger partial charge in [0.2, 0.25) is 0 Å². The lowest BCUT2D eigenvalue weighted by Gasteiger charge is -2.33. The molecule has 0 aliphatic carbocycles. The van der Waals surface area contributed by atoms with Gasteiger partial charge in [0.25, 0.3) is 0 Å². The van der Waals surface area contributed by atoms with Gasteiger partial charge in [-0.1, -0.05) is 18.2 Å². The number of alkyl carbamates (subject to hydrolysis) is 1. The molecule has 250 valence electrons. The van der Waals surface area contributed by atoms with Crippen LogP contribution in [-0.2, 0) is 23.7 Å². The van der Waals surface area contributed by atoms with Crippen molar-refractivity contribution in [1.29, 1.82) is 0 Å². The Morgan fingerprint density at radius 2 is 1.59 bits per heavy atom. The molecule has 2 aromatic rings. The van der Waals surface area contributed by atoms with Gasteiger partial charge in [0.1, 0.15) is 17.2 Å². The Kier molecular flexibility index (Phi) is 13.3. The van der Waals surface area contributed by atoms with Crippen LogP contribution >= 0.6 is 0 Å². The van der Waals surface area contributed by atoms with E-state index in [0.717, 1.165) is 0 Å². The molecule has 12 nitrogen and oxygen atoms in total. The lowest BCUT2D eigenvalue weighted by atomic mass is 9.99. The highest BCUT2D eigenvalue weighted by molar-refractivity contribution is 6.01. The number of nitrogens with one attached hydrogen (secondary N) is 2. The third kappa shape index (κ3) is 11.2. The molecule has 0 bridgehead atoms. The maximum Gasteiger partial charge on any atom is 0.415 e. The quantitative estimate of drug-likeness (QED) is 0.139. The van der Waals surface area contributed by atoms with Crippen molar-refractivity contribution in [3.63, 3.8) is 0 Å². The van der Waals surface area contributed by atoms with E-state index >= 15 is 0 Å². The van der Waals surface area contributed by atoms with Crippen molar-refractivity contribution >= 4 is 35.6 Å². The Morgan fingerprint density at radius 3 is 2.15 bits per heavy atom. The number of hydrogen-bond donors (Lipinski definition) is 2. The first-order chi connectivity index (χ1) is 21.5. The number of ether oxygens (including phenoxy) is 4. The molecule has 0 radical (unpaired) electrons. The molecule has 2 N–H and O–H groups in total. The summed E-state index contributed by atoms with van der Waals surface area (Å²) in [4.78, 5) is 57.7. The third-order valence-corrected chi connectivity index (χ3v) is 6.08. The normalized spacial score (nSPS) is 12.5. The Bertz CT molecular complexity index is 1410. The van der Waals surface area contributed by atoms with Crippen LogP contribution in [0.2, 0.25) is 0 Å². The van der Waals surface area contributed by atoms with Crippen LogP contribution in [-0.4, -0.2) is 60.2 Å². The summed E-state index contributed by atoms with van der Waals surface area (Å²) in [5.41, 5.74) is 0.435. The number of pyridine rings is 1. The van der Waals surface area contributed by atoms with Crippen molar-refractivity contribution in [2.75, 3.05) is 23.9 Å². The van der Waals surface area contributed by atoms with Crippen molar-refractivity contribution in [3.8, 4) is 11.1 Å². The molecule has 1 aromatic heterocycles. The third-order valence-electron chi connectivity index (χ3n) is 6.08. The number of aromatic nitrogens is 1. The molecular weight excluding hydrogens is 592 g/mol. The van der Waals surface area contributed by atoms with Crippen LogP contribution in [0.4, 0.5) is 25.8 Å². The molecule has 0 aliphatic rings. The number of methoxy groups -OCH3 is 1. The molecule has 1 unspecified atom stereocenters. The Morgan fingerprint density at radius 1 is 0.935 bits per heavy atom. The number of anilines is 2. The van der Waals surface area contributed by atoms with E-state index in [0.29, 0.717) is 23.2 Å². The number of carbonyl (C=O) groups is 4. The molecule has 2 atom stereocenters. The molecule has 0 fully saturated rings. The van der Waals surface area contributed by atoms with Crippen LogP contribution in [0, 0.1) is 0 Å². The van der Waals surface area contributed by atoms with Gasteiger partial charge >= 0.3 is 24.2 Å². The zero-order valence-electron chi connectivity index (χ0n) is 28.0. The van der Waals surface area contributed by atoms with Crippen molar-refractivity contribution < 1.29 is 38.1 Å². The van der Waals surface area contributed by atoms with E-state index in [-0.39, 0.29) is 24.4 Å². The molecule has 0 aliphatic heterocycles. The molecule has 3 amide bonds. The molecule has 46 heavy (non-hydrogen) atoms. The van der Waals surface area contributed by atoms with Gasteiger partial charge in [-0.15, -0.1) is 13.2 Å². The Hall–Kier alpha value is -4.87. The number of benzene rings is 1. The maximum absolute atomic E-state index is 13.9. The minimum absolute atomic E-state index is 0.0367. The van der Waals surface area contributed by atoms with E-state index in [1.165, 1.54) is 24.2 Å². The van der Waals surface area contributed by atoms with Crippen LogP contribution < -0.4 is 15.5 Å². The summed E-state index contributed by atoms with van der Waals surface area (Å²) in [6, 6.07) is 6.54. The van der Waals surface area contributed by atoms with Crippen LogP contribution in [0.1, 0.15) is 73.0 Å². The summed E-state index contributed by atoms with van der Waals surface area (Å²) in [5, 5.41) is 5.44. The number of esters is 1. The monoisotopic (exact) mass is 638 g/mol. The summed E-state index contributed by atoms with van der Waals surface area (Å²) in [5.74, 6) is -0.673.